The van der Waals surface area contributed by atoms with Crippen LogP contribution in [0, 0.1) is 5.82 Å². The zero-order chi connectivity index (χ0) is 13.0. The first kappa shape index (κ1) is 12.7. The van der Waals surface area contributed by atoms with Crippen molar-refractivity contribution in [2.45, 2.75) is 13.1 Å². The Hall–Kier alpha value is -1.72. The molecule has 0 aliphatic carbocycles. The highest BCUT2D eigenvalue weighted by molar-refractivity contribution is 7.10. The van der Waals surface area contributed by atoms with Crippen molar-refractivity contribution in [3.05, 3.63) is 57.5 Å². The topological polar surface area (TPSA) is 55.1 Å². The third-order valence-electron chi connectivity index (χ3n) is 2.48. The molecule has 0 bridgehead atoms. The minimum Gasteiger partial charge on any atom is -0.366 e. The molecule has 1 amide bonds. The highest BCUT2D eigenvalue weighted by Gasteiger charge is 2.04. The first-order chi connectivity index (χ1) is 8.65. The Morgan fingerprint density at radius 2 is 2.00 bits per heavy atom. The van der Waals surface area contributed by atoms with E-state index in [2.05, 4.69) is 5.32 Å². The number of primary amides is 1. The Bertz CT molecular complexity index is 536. The van der Waals surface area contributed by atoms with Gasteiger partial charge in [-0.15, -0.1) is 11.3 Å². The Balaban J connectivity index is 1.84. The number of nitrogens with one attached hydrogen (secondary N) is 1. The molecule has 94 valence electrons. The van der Waals surface area contributed by atoms with Gasteiger partial charge in [0.2, 0.25) is 5.91 Å². The Labute approximate surface area is 108 Å². The molecule has 0 aliphatic heterocycles. The predicted molar refractivity (Wildman–Crippen MR) is 69.8 cm³/mol. The number of halogens is 1. The van der Waals surface area contributed by atoms with E-state index in [1.165, 1.54) is 23.5 Å². The number of hydrogen-bond donors (Lipinski definition) is 2. The molecular formula is C13H13FN2OS. The molecule has 18 heavy (non-hydrogen) atoms. The molecule has 0 atom stereocenters. The lowest BCUT2D eigenvalue weighted by molar-refractivity contribution is 0.100. The lowest BCUT2D eigenvalue weighted by atomic mass is 10.2. The van der Waals surface area contributed by atoms with Gasteiger partial charge in [-0.25, -0.2) is 4.39 Å². The lowest BCUT2D eigenvalue weighted by Crippen LogP contribution is -2.12. The number of rotatable bonds is 5. The van der Waals surface area contributed by atoms with Crippen LogP contribution in [0.5, 0.6) is 0 Å². The summed E-state index contributed by atoms with van der Waals surface area (Å²) in [5.41, 5.74) is 6.73. The van der Waals surface area contributed by atoms with Crippen molar-refractivity contribution in [1.29, 1.82) is 0 Å². The summed E-state index contributed by atoms with van der Waals surface area (Å²) in [5.74, 6) is -0.640. The maximum atomic E-state index is 12.7. The van der Waals surface area contributed by atoms with Crippen molar-refractivity contribution in [1.82, 2.24) is 5.32 Å². The summed E-state index contributed by atoms with van der Waals surface area (Å²) >= 11 is 1.49. The molecule has 0 aliphatic rings. The number of benzene rings is 1. The van der Waals surface area contributed by atoms with Crippen LogP contribution in [-0.4, -0.2) is 5.91 Å². The highest BCUT2D eigenvalue weighted by atomic mass is 32.1. The minimum absolute atomic E-state index is 0.233. The molecule has 0 spiro atoms. The second-order valence-electron chi connectivity index (χ2n) is 3.90. The van der Waals surface area contributed by atoms with E-state index in [0.717, 1.165) is 10.4 Å². The smallest absolute Gasteiger partial charge is 0.249 e. The average molecular weight is 264 g/mol. The van der Waals surface area contributed by atoms with Gasteiger partial charge in [-0.1, -0.05) is 12.1 Å². The standard InChI is InChI=1S/C13H13FN2OS/c14-11-3-1-9(2-4-11)6-16-7-12-5-10(8-18-12)13(15)17/h1-5,8,16H,6-7H2,(H2,15,17). The average Bonchev–Trinajstić information content (AvgIpc) is 2.81. The van der Waals surface area contributed by atoms with Crippen molar-refractivity contribution in [2.75, 3.05) is 0 Å². The fraction of sp³-hybridized carbons (Fsp3) is 0.154. The Morgan fingerprint density at radius 1 is 1.28 bits per heavy atom. The molecule has 0 radical (unpaired) electrons. The number of thiophene rings is 1. The Kier molecular flexibility index (Phi) is 4.07. The van der Waals surface area contributed by atoms with E-state index in [0.29, 0.717) is 18.7 Å². The monoisotopic (exact) mass is 264 g/mol. The second-order valence-corrected chi connectivity index (χ2v) is 4.89. The number of hydrogen-bond acceptors (Lipinski definition) is 3. The van der Waals surface area contributed by atoms with Gasteiger partial charge in [0.15, 0.2) is 0 Å². The summed E-state index contributed by atoms with van der Waals surface area (Å²) in [7, 11) is 0. The van der Waals surface area contributed by atoms with Crippen LogP contribution in [0.3, 0.4) is 0 Å². The van der Waals surface area contributed by atoms with Crippen molar-refractivity contribution < 1.29 is 9.18 Å². The fourth-order valence-corrected chi connectivity index (χ4v) is 2.38. The van der Waals surface area contributed by atoms with E-state index < -0.39 is 5.91 Å². The third kappa shape index (κ3) is 3.38. The summed E-state index contributed by atoms with van der Waals surface area (Å²) in [6.07, 6.45) is 0. The van der Waals surface area contributed by atoms with Crippen LogP contribution in [0.2, 0.25) is 0 Å². The molecule has 1 aromatic heterocycles. The van der Waals surface area contributed by atoms with Gasteiger partial charge in [-0.2, -0.15) is 0 Å². The molecule has 0 fully saturated rings. The zero-order valence-electron chi connectivity index (χ0n) is 9.65. The van der Waals surface area contributed by atoms with Gasteiger partial charge in [0, 0.05) is 23.3 Å². The zero-order valence-corrected chi connectivity index (χ0v) is 10.5. The number of nitrogens with two attached hydrogens (primary N) is 1. The Morgan fingerprint density at radius 3 is 2.61 bits per heavy atom. The van der Waals surface area contributed by atoms with Gasteiger partial charge in [0.25, 0.3) is 0 Å². The third-order valence-corrected chi connectivity index (χ3v) is 3.42. The first-order valence-electron chi connectivity index (χ1n) is 5.47. The van der Waals surface area contributed by atoms with Crippen molar-refractivity contribution in [3.63, 3.8) is 0 Å². The normalized spacial score (nSPS) is 10.5. The van der Waals surface area contributed by atoms with E-state index in [1.54, 1.807) is 23.6 Å². The van der Waals surface area contributed by atoms with Crippen LogP contribution in [-0.2, 0) is 13.1 Å². The molecule has 0 saturated carbocycles. The molecule has 1 heterocycles. The predicted octanol–water partition coefficient (Wildman–Crippen LogP) is 2.28. The van der Waals surface area contributed by atoms with E-state index in [4.69, 9.17) is 5.73 Å². The molecule has 0 saturated heterocycles. The summed E-state index contributed by atoms with van der Waals surface area (Å²) < 4.78 is 12.7. The van der Waals surface area contributed by atoms with Crippen molar-refractivity contribution in [3.8, 4) is 0 Å². The molecule has 2 aromatic rings. The molecule has 3 nitrogen and oxygen atoms in total. The molecule has 5 heteroatoms. The highest BCUT2D eigenvalue weighted by Crippen LogP contribution is 2.14. The second kappa shape index (κ2) is 5.75. The van der Waals surface area contributed by atoms with Gasteiger partial charge < -0.3 is 11.1 Å². The first-order valence-corrected chi connectivity index (χ1v) is 6.35. The van der Waals surface area contributed by atoms with Gasteiger partial charge in [-0.3, -0.25) is 4.79 Å². The van der Waals surface area contributed by atoms with Gasteiger partial charge in [0.1, 0.15) is 5.82 Å². The quantitative estimate of drug-likeness (QED) is 0.870. The van der Waals surface area contributed by atoms with E-state index in [9.17, 15) is 9.18 Å². The van der Waals surface area contributed by atoms with Crippen LogP contribution in [0.4, 0.5) is 4.39 Å². The largest absolute Gasteiger partial charge is 0.366 e. The summed E-state index contributed by atoms with van der Waals surface area (Å²) in [6, 6.07) is 8.14. The van der Waals surface area contributed by atoms with Crippen LogP contribution >= 0.6 is 11.3 Å². The van der Waals surface area contributed by atoms with Crippen LogP contribution < -0.4 is 11.1 Å². The molecule has 2 rings (SSSR count). The summed E-state index contributed by atoms with van der Waals surface area (Å²) in [6.45, 7) is 1.32. The van der Waals surface area contributed by atoms with Crippen molar-refractivity contribution >= 4 is 17.2 Å². The van der Waals surface area contributed by atoms with Gasteiger partial charge in [-0.05, 0) is 23.8 Å². The minimum atomic E-state index is -0.406. The van der Waals surface area contributed by atoms with Crippen LogP contribution in [0.1, 0.15) is 20.8 Å². The van der Waals surface area contributed by atoms with E-state index in [-0.39, 0.29) is 5.82 Å². The van der Waals surface area contributed by atoms with Gasteiger partial charge in [0.05, 0.1) is 5.56 Å². The van der Waals surface area contributed by atoms with E-state index >= 15 is 0 Å². The van der Waals surface area contributed by atoms with E-state index in [1.807, 2.05) is 0 Å². The maximum Gasteiger partial charge on any atom is 0.249 e. The number of amides is 1. The molecule has 0 unspecified atom stereocenters. The maximum absolute atomic E-state index is 12.7. The van der Waals surface area contributed by atoms with Gasteiger partial charge >= 0.3 is 0 Å². The molecular weight excluding hydrogens is 251 g/mol. The lowest BCUT2D eigenvalue weighted by Gasteiger charge is -2.03. The van der Waals surface area contributed by atoms with Crippen molar-refractivity contribution in [2.24, 2.45) is 5.73 Å². The van der Waals surface area contributed by atoms with Crippen LogP contribution in [0.15, 0.2) is 35.7 Å². The fourth-order valence-electron chi connectivity index (χ4n) is 1.53. The number of carbonyl (C=O) groups excluding carboxylic acids is 1. The summed E-state index contributed by atoms with van der Waals surface area (Å²) in [5, 5.41) is 4.97. The SMILES string of the molecule is NC(=O)c1csc(CNCc2ccc(F)cc2)c1. The molecule has 1 aromatic carbocycles. The molecule has 3 N–H and O–H groups in total. The number of carbonyl (C=O) groups is 1. The van der Waals surface area contributed by atoms with Crippen LogP contribution in [0.25, 0.3) is 0 Å². The summed E-state index contributed by atoms with van der Waals surface area (Å²) in [4.78, 5) is 12.0.